The molecule has 0 radical (unpaired) electrons. The molecule has 0 bridgehead atoms. The number of rotatable bonds is 4. The van der Waals surface area contributed by atoms with E-state index in [1.165, 1.54) is 89.6 Å². The Balaban J connectivity index is 1.69. The van der Waals surface area contributed by atoms with Crippen molar-refractivity contribution in [3.05, 3.63) is 0 Å². The standard InChI is InChI=1S/C17H32N2S/c1-20-13-7-12-19-15-16(8-5-6-9-16)18-14-17(19)10-3-2-4-11-17/h18H,2-15H2,1H3. The van der Waals surface area contributed by atoms with Gasteiger partial charge in [0.2, 0.25) is 0 Å². The van der Waals surface area contributed by atoms with E-state index in [0.717, 1.165) is 0 Å². The van der Waals surface area contributed by atoms with Gasteiger partial charge in [-0.25, -0.2) is 0 Å². The molecule has 0 atom stereocenters. The molecule has 1 heterocycles. The number of nitrogens with one attached hydrogen (secondary N) is 1. The molecule has 2 nitrogen and oxygen atoms in total. The molecule has 3 rings (SSSR count). The summed E-state index contributed by atoms with van der Waals surface area (Å²) >= 11 is 2.01. The van der Waals surface area contributed by atoms with Gasteiger partial charge in [0.25, 0.3) is 0 Å². The maximum absolute atomic E-state index is 4.03. The molecule has 1 N–H and O–H groups in total. The molecule has 0 amide bonds. The molecular weight excluding hydrogens is 264 g/mol. The fraction of sp³-hybridized carbons (Fsp3) is 1.00. The summed E-state index contributed by atoms with van der Waals surface area (Å²) < 4.78 is 0. The van der Waals surface area contributed by atoms with Gasteiger partial charge in [0, 0.05) is 24.2 Å². The number of hydrogen-bond donors (Lipinski definition) is 1. The molecule has 1 saturated heterocycles. The quantitative estimate of drug-likeness (QED) is 0.797. The molecule has 0 aromatic heterocycles. The lowest BCUT2D eigenvalue weighted by Crippen LogP contribution is -2.69. The van der Waals surface area contributed by atoms with E-state index in [0.29, 0.717) is 11.1 Å². The predicted octanol–water partition coefficient (Wildman–Crippen LogP) is 3.66. The van der Waals surface area contributed by atoms with E-state index in [1.54, 1.807) is 0 Å². The van der Waals surface area contributed by atoms with Crippen molar-refractivity contribution in [1.82, 2.24) is 10.2 Å². The average molecular weight is 297 g/mol. The van der Waals surface area contributed by atoms with Crippen LogP contribution in [0.5, 0.6) is 0 Å². The molecule has 3 fully saturated rings. The topological polar surface area (TPSA) is 15.3 Å². The monoisotopic (exact) mass is 296 g/mol. The Labute approximate surface area is 129 Å². The maximum atomic E-state index is 4.03. The van der Waals surface area contributed by atoms with Crippen LogP contribution in [0.2, 0.25) is 0 Å². The van der Waals surface area contributed by atoms with Crippen molar-refractivity contribution in [2.75, 3.05) is 31.6 Å². The first-order valence-electron chi connectivity index (χ1n) is 8.78. The Kier molecular flexibility index (Phi) is 4.99. The van der Waals surface area contributed by atoms with Crippen LogP contribution in [0, 0.1) is 0 Å². The zero-order chi connectivity index (χ0) is 13.9. The minimum Gasteiger partial charge on any atom is -0.308 e. The normalized spacial score (nSPS) is 29.2. The first-order valence-corrected chi connectivity index (χ1v) is 10.2. The second kappa shape index (κ2) is 6.58. The van der Waals surface area contributed by atoms with Crippen LogP contribution in [0.1, 0.15) is 64.2 Å². The van der Waals surface area contributed by atoms with Crippen molar-refractivity contribution in [3.8, 4) is 0 Å². The fourth-order valence-corrected chi connectivity index (χ4v) is 5.28. The van der Waals surface area contributed by atoms with Crippen LogP contribution >= 0.6 is 11.8 Å². The van der Waals surface area contributed by atoms with Crippen molar-refractivity contribution in [2.24, 2.45) is 0 Å². The minimum atomic E-state index is 0.488. The Hall–Kier alpha value is 0.270. The number of piperazine rings is 1. The number of hydrogen-bond acceptors (Lipinski definition) is 3. The Bertz CT molecular complexity index is 306. The van der Waals surface area contributed by atoms with Gasteiger partial charge < -0.3 is 5.32 Å². The van der Waals surface area contributed by atoms with Crippen LogP contribution in [0.25, 0.3) is 0 Å². The van der Waals surface area contributed by atoms with Crippen LogP contribution < -0.4 is 5.32 Å². The van der Waals surface area contributed by atoms with Gasteiger partial charge in [-0.05, 0) is 50.7 Å². The lowest BCUT2D eigenvalue weighted by Gasteiger charge is -2.55. The SMILES string of the molecule is CSCCCN1CC2(CCCC2)NCC12CCCCC2. The average Bonchev–Trinajstić information content (AvgIpc) is 2.93. The molecule has 0 aromatic carbocycles. The number of nitrogens with zero attached hydrogens (tertiary/aromatic N) is 1. The summed E-state index contributed by atoms with van der Waals surface area (Å²) in [5.41, 5.74) is 1.01. The molecule has 2 spiro atoms. The molecule has 2 aliphatic carbocycles. The van der Waals surface area contributed by atoms with E-state index in [4.69, 9.17) is 0 Å². The molecule has 116 valence electrons. The van der Waals surface area contributed by atoms with Crippen molar-refractivity contribution < 1.29 is 0 Å². The van der Waals surface area contributed by atoms with E-state index >= 15 is 0 Å². The van der Waals surface area contributed by atoms with Gasteiger partial charge >= 0.3 is 0 Å². The minimum absolute atomic E-state index is 0.488. The largest absolute Gasteiger partial charge is 0.308 e. The zero-order valence-electron chi connectivity index (χ0n) is 13.3. The smallest absolute Gasteiger partial charge is 0.0334 e. The van der Waals surface area contributed by atoms with Gasteiger partial charge in [-0.1, -0.05) is 32.1 Å². The molecule has 20 heavy (non-hydrogen) atoms. The Morgan fingerprint density at radius 3 is 2.40 bits per heavy atom. The second-order valence-electron chi connectivity index (χ2n) is 7.39. The summed E-state index contributed by atoms with van der Waals surface area (Å²) in [5.74, 6) is 1.33. The third kappa shape index (κ3) is 3.05. The van der Waals surface area contributed by atoms with E-state index in [2.05, 4.69) is 16.5 Å². The van der Waals surface area contributed by atoms with E-state index < -0.39 is 0 Å². The summed E-state index contributed by atoms with van der Waals surface area (Å²) in [6.45, 7) is 3.94. The highest BCUT2D eigenvalue weighted by Crippen LogP contribution is 2.41. The highest BCUT2D eigenvalue weighted by Gasteiger charge is 2.48. The third-order valence-electron chi connectivity index (χ3n) is 6.08. The van der Waals surface area contributed by atoms with Crippen molar-refractivity contribution in [2.45, 2.75) is 75.3 Å². The van der Waals surface area contributed by atoms with E-state index in [-0.39, 0.29) is 0 Å². The van der Waals surface area contributed by atoms with Crippen LogP contribution in [0.4, 0.5) is 0 Å². The maximum Gasteiger partial charge on any atom is 0.0334 e. The van der Waals surface area contributed by atoms with Gasteiger partial charge in [0.05, 0.1) is 0 Å². The molecule has 1 aliphatic heterocycles. The molecular formula is C17H32N2S. The van der Waals surface area contributed by atoms with Gasteiger partial charge in [-0.15, -0.1) is 0 Å². The first-order chi connectivity index (χ1) is 9.79. The van der Waals surface area contributed by atoms with Gasteiger partial charge in [0.1, 0.15) is 0 Å². The fourth-order valence-electron chi connectivity index (χ4n) is 4.86. The van der Waals surface area contributed by atoms with Gasteiger partial charge in [0.15, 0.2) is 0 Å². The summed E-state index contributed by atoms with van der Waals surface area (Å²) in [6, 6.07) is 0. The van der Waals surface area contributed by atoms with Crippen molar-refractivity contribution in [1.29, 1.82) is 0 Å². The third-order valence-corrected chi connectivity index (χ3v) is 6.78. The Morgan fingerprint density at radius 1 is 1.00 bits per heavy atom. The van der Waals surface area contributed by atoms with Crippen LogP contribution in [0.15, 0.2) is 0 Å². The van der Waals surface area contributed by atoms with Crippen LogP contribution in [-0.4, -0.2) is 47.6 Å². The van der Waals surface area contributed by atoms with Crippen LogP contribution in [-0.2, 0) is 0 Å². The summed E-state index contributed by atoms with van der Waals surface area (Å²) in [6.07, 6.45) is 16.6. The molecule has 3 heteroatoms. The molecule has 0 aromatic rings. The molecule has 3 aliphatic rings. The van der Waals surface area contributed by atoms with E-state index in [9.17, 15) is 0 Å². The Morgan fingerprint density at radius 2 is 1.70 bits per heavy atom. The highest BCUT2D eigenvalue weighted by molar-refractivity contribution is 7.98. The lowest BCUT2D eigenvalue weighted by molar-refractivity contribution is -0.0173. The van der Waals surface area contributed by atoms with Crippen molar-refractivity contribution in [3.63, 3.8) is 0 Å². The van der Waals surface area contributed by atoms with Gasteiger partial charge in [-0.3, -0.25) is 4.90 Å². The highest BCUT2D eigenvalue weighted by atomic mass is 32.2. The molecule has 2 saturated carbocycles. The summed E-state index contributed by atoms with van der Waals surface area (Å²) in [5, 5.41) is 4.03. The van der Waals surface area contributed by atoms with Crippen LogP contribution in [0.3, 0.4) is 0 Å². The predicted molar refractivity (Wildman–Crippen MR) is 89.6 cm³/mol. The van der Waals surface area contributed by atoms with E-state index in [1.807, 2.05) is 11.8 Å². The summed E-state index contributed by atoms with van der Waals surface area (Å²) in [7, 11) is 0. The van der Waals surface area contributed by atoms with Gasteiger partial charge in [-0.2, -0.15) is 11.8 Å². The lowest BCUT2D eigenvalue weighted by atomic mass is 9.76. The zero-order valence-corrected chi connectivity index (χ0v) is 14.1. The molecule has 0 unspecified atom stereocenters. The second-order valence-corrected chi connectivity index (χ2v) is 8.38. The summed E-state index contributed by atoms with van der Waals surface area (Å²) in [4.78, 5) is 2.93. The number of thioether (sulfide) groups is 1. The first kappa shape index (κ1) is 15.2. The van der Waals surface area contributed by atoms with Crippen molar-refractivity contribution >= 4 is 11.8 Å².